The Hall–Kier alpha value is -1.16. The lowest BCUT2D eigenvalue weighted by Crippen LogP contribution is -2.72. The van der Waals surface area contributed by atoms with E-state index >= 15 is 0 Å². The Morgan fingerprint density at radius 1 is 1.06 bits per heavy atom. The number of Topliss-reactive ketones (excluding diaryl/α,β-unsaturated/α-hetero) is 1. The van der Waals surface area contributed by atoms with Gasteiger partial charge in [-0.2, -0.15) is 0 Å². The summed E-state index contributed by atoms with van der Waals surface area (Å²) in [5, 5.41) is 0. The van der Waals surface area contributed by atoms with E-state index in [9.17, 15) is 9.59 Å². The van der Waals surface area contributed by atoms with Crippen molar-refractivity contribution < 1.29 is 19.1 Å². The maximum absolute atomic E-state index is 14.2. The van der Waals surface area contributed by atoms with Crippen LogP contribution in [0.1, 0.15) is 106 Å². The van der Waals surface area contributed by atoms with Gasteiger partial charge in [0.1, 0.15) is 11.2 Å². The zero-order chi connectivity index (χ0) is 24.5. The number of esters is 1. The standard InChI is InChI=1S/C30H44O4/c1-18(2)9-8-10-19(3)20-11-14-28-24(32)34-29(16-15-26(20,28)6)27(7)13-12-22(31)25(4,5)21(27)17-23-30(28,29)33-23/h9,19-21,23H,8,10-17H2,1-7H3. The lowest BCUT2D eigenvalue weighted by molar-refractivity contribution is -0.214. The minimum absolute atomic E-state index is 0.0329. The van der Waals surface area contributed by atoms with Crippen molar-refractivity contribution in [1.82, 2.24) is 0 Å². The zero-order valence-corrected chi connectivity index (χ0v) is 22.4. The van der Waals surface area contributed by atoms with Crippen LogP contribution in [-0.2, 0) is 19.1 Å². The Labute approximate surface area is 205 Å². The Bertz CT molecular complexity index is 992. The first kappa shape index (κ1) is 23.3. The molecule has 188 valence electrons. The molecular weight excluding hydrogens is 424 g/mol. The second-order valence-corrected chi connectivity index (χ2v) is 14.2. The fraction of sp³-hybridized carbons (Fsp3) is 0.867. The van der Waals surface area contributed by atoms with Crippen LogP contribution >= 0.6 is 0 Å². The highest BCUT2D eigenvalue weighted by atomic mass is 16.7. The molecule has 0 aromatic carbocycles. The van der Waals surface area contributed by atoms with E-state index in [0.29, 0.717) is 24.0 Å². The molecule has 34 heavy (non-hydrogen) atoms. The number of carbonyl (C=O) groups excluding carboxylic acids is 2. The van der Waals surface area contributed by atoms with Gasteiger partial charge in [-0.25, -0.2) is 0 Å². The van der Waals surface area contributed by atoms with Crippen molar-refractivity contribution in [1.29, 1.82) is 0 Å². The van der Waals surface area contributed by atoms with E-state index in [1.807, 2.05) is 0 Å². The third kappa shape index (κ3) is 2.20. The number of allylic oxidation sites excluding steroid dienone is 2. The predicted octanol–water partition coefficient (Wildman–Crippen LogP) is 6.41. The van der Waals surface area contributed by atoms with E-state index in [-0.39, 0.29) is 34.2 Å². The van der Waals surface area contributed by atoms with Crippen LogP contribution in [0.2, 0.25) is 0 Å². The van der Waals surface area contributed by atoms with Gasteiger partial charge in [0, 0.05) is 17.3 Å². The molecule has 0 radical (unpaired) electrons. The number of epoxide rings is 1. The summed E-state index contributed by atoms with van der Waals surface area (Å²) in [6.07, 6.45) is 10.9. The second kappa shape index (κ2) is 6.58. The average molecular weight is 469 g/mol. The number of ether oxygens (including phenoxy) is 2. The van der Waals surface area contributed by atoms with Gasteiger partial charge in [0.05, 0.1) is 6.10 Å². The molecule has 9 unspecified atom stereocenters. The number of hydrogen-bond donors (Lipinski definition) is 0. The molecule has 2 heterocycles. The first-order valence-electron chi connectivity index (χ1n) is 13.9. The van der Waals surface area contributed by atoms with Crippen molar-refractivity contribution in [3.05, 3.63) is 11.6 Å². The minimum Gasteiger partial charge on any atom is -0.455 e. The van der Waals surface area contributed by atoms with Crippen molar-refractivity contribution in [2.75, 3.05) is 0 Å². The first-order chi connectivity index (χ1) is 15.8. The summed E-state index contributed by atoms with van der Waals surface area (Å²) < 4.78 is 13.6. The molecule has 0 aromatic heterocycles. The molecule has 0 aromatic rings. The first-order valence-corrected chi connectivity index (χ1v) is 13.9. The number of carbonyl (C=O) groups is 2. The molecule has 4 saturated carbocycles. The van der Waals surface area contributed by atoms with Crippen LogP contribution in [0.5, 0.6) is 0 Å². The van der Waals surface area contributed by atoms with Gasteiger partial charge in [0.25, 0.3) is 0 Å². The van der Waals surface area contributed by atoms with Crippen molar-refractivity contribution in [3.8, 4) is 0 Å². The Morgan fingerprint density at radius 3 is 2.50 bits per heavy atom. The molecule has 6 rings (SSSR count). The van der Waals surface area contributed by atoms with Crippen LogP contribution in [0.3, 0.4) is 0 Å². The lowest BCUT2D eigenvalue weighted by Gasteiger charge is -2.64. The van der Waals surface area contributed by atoms with E-state index in [1.54, 1.807) is 0 Å². The molecule has 4 heteroatoms. The van der Waals surface area contributed by atoms with Crippen LogP contribution in [0.25, 0.3) is 0 Å². The normalized spacial score (nSPS) is 52.6. The molecule has 2 aliphatic heterocycles. The van der Waals surface area contributed by atoms with E-state index < -0.39 is 16.6 Å². The molecular formula is C30H44O4. The van der Waals surface area contributed by atoms with Crippen molar-refractivity contribution in [3.63, 3.8) is 0 Å². The molecule has 2 bridgehead atoms. The highest BCUT2D eigenvalue weighted by Crippen LogP contribution is 2.86. The topological polar surface area (TPSA) is 55.9 Å². The summed E-state index contributed by atoms with van der Waals surface area (Å²) >= 11 is 0. The number of fused-ring (bicyclic) bond motifs is 1. The van der Waals surface area contributed by atoms with Crippen molar-refractivity contribution in [2.45, 2.75) is 124 Å². The summed E-state index contributed by atoms with van der Waals surface area (Å²) in [4.78, 5) is 27.2. The van der Waals surface area contributed by atoms with Gasteiger partial charge in [-0.3, -0.25) is 9.59 Å². The number of rotatable bonds is 4. The summed E-state index contributed by atoms with van der Waals surface area (Å²) in [7, 11) is 0. The van der Waals surface area contributed by atoms with Crippen LogP contribution in [-0.4, -0.2) is 29.1 Å². The van der Waals surface area contributed by atoms with E-state index in [0.717, 1.165) is 44.9 Å². The van der Waals surface area contributed by atoms with Crippen LogP contribution in [0.15, 0.2) is 11.6 Å². The van der Waals surface area contributed by atoms with Crippen LogP contribution < -0.4 is 0 Å². The summed E-state index contributed by atoms with van der Waals surface area (Å²) in [6.45, 7) is 15.8. The van der Waals surface area contributed by atoms with Gasteiger partial charge in [0.2, 0.25) is 0 Å². The summed E-state index contributed by atoms with van der Waals surface area (Å²) in [6, 6.07) is 0. The maximum atomic E-state index is 14.2. The van der Waals surface area contributed by atoms with Crippen molar-refractivity contribution in [2.24, 2.45) is 39.4 Å². The van der Waals surface area contributed by atoms with E-state index in [4.69, 9.17) is 9.47 Å². The molecule has 0 amide bonds. The molecule has 6 aliphatic rings. The van der Waals surface area contributed by atoms with E-state index in [1.165, 1.54) is 12.0 Å². The van der Waals surface area contributed by atoms with E-state index in [2.05, 4.69) is 54.5 Å². The zero-order valence-electron chi connectivity index (χ0n) is 22.4. The molecule has 9 atom stereocenters. The van der Waals surface area contributed by atoms with Gasteiger partial charge in [-0.1, -0.05) is 46.3 Å². The molecule has 0 N–H and O–H groups in total. The van der Waals surface area contributed by atoms with Gasteiger partial charge >= 0.3 is 5.97 Å². The second-order valence-electron chi connectivity index (χ2n) is 14.2. The predicted molar refractivity (Wildman–Crippen MR) is 131 cm³/mol. The number of hydrogen-bond acceptors (Lipinski definition) is 4. The maximum Gasteiger partial charge on any atom is 0.316 e. The Balaban J connectivity index is 1.41. The third-order valence-electron chi connectivity index (χ3n) is 12.7. The fourth-order valence-electron chi connectivity index (χ4n) is 10.9. The number of ketones is 1. The molecule has 4 nitrogen and oxygen atoms in total. The average Bonchev–Trinajstić information content (AvgIpc) is 3.35. The quantitative estimate of drug-likeness (QED) is 0.272. The highest BCUT2D eigenvalue weighted by Gasteiger charge is 2.97. The molecule has 4 aliphatic carbocycles. The molecule has 2 saturated heterocycles. The Kier molecular flexibility index (Phi) is 4.50. The van der Waals surface area contributed by atoms with Crippen LogP contribution in [0.4, 0.5) is 0 Å². The fourth-order valence-corrected chi connectivity index (χ4v) is 10.9. The van der Waals surface area contributed by atoms with Crippen LogP contribution in [0, 0.1) is 39.4 Å². The molecule has 6 fully saturated rings. The van der Waals surface area contributed by atoms with Gasteiger partial charge < -0.3 is 9.47 Å². The van der Waals surface area contributed by atoms with Crippen molar-refractivity contribution >= 4 is 11.8 Å². The smallest absolute Gasteiger partial charge is 0.316 e. The third-order valence-corrected chi connectivity index (χ3v) is 12.7. The summed E-state index contributed by atoms with van der Waals surface area (Å²) in [5.41, 5.74) is -0.839. The lowest BCUT2D eigenvalue weighted by atomic mass is 9.37. The van der Waals surface area contributed by atoms with Gasteiger partial charge in [-0.15, -0.1) is 0 Å². The molecule has 2 spiro atoms. The SMILES string of the molecule is CC(C)=CCCC(C)C1CCC23C(=O)OC4(CCC12C)C1(C)CCC(=O)C(C)(C)C1CC1OC143. The minimum atomic E-state index is -0.567. The summed E-state index contributed by atoms with van der Waals surface area (Å²) in [5.74, 6) is 1.70. The monoisotopic (exact) mass is 468 g/mol. The Morgan fingerprint density at radius 2 is 1.79 bits per heavy atom. The largest absolute Gasteiger partial charge is 0.455 e. The van der Waals surface area contributed by atoms with Gasteiger partial charge in [0.15, 0.2) is 11.2 Å². The van der Waals surface area contributed by atoms with Gasteiger partial charge in [-0.05, 0) is 88.4 Å². The highest BCUT2D eigenvalue weighted by molar-refractivity contribution is 5.89.